The highest BCUT2D eigenvalue weighted by Gasteiger charge is 2.15. The van der Waals surface area contributed by atoms with E-state index < -0.39 is 5.79 Å². The summed E-state index contributed by atoms with van der Waals surface area (Å²) in [5.74, 6) is -0.994. The fourth-order valence-corrected chi connectivity index (χ4v) is 0.298. The monoisotopic (exact) mass is 130 g/mol. The van der Waals surface area contributed by atoms with Crippen molar-refractivity contribution in [1.82, 2.24) is 0 Å². The van der Waals surface area contributed by atoms with Crippen LogP contribution in [0.1, 0.15) is 27.2 Å². The summed E-state index contributed by atoms with van der Waals surface area (Å²) < 4.78 is 4.90. The SMILES string of the molecule is CC=COC(C)(O)CC. The van der Waals surface area contributed by atoms with Crippen LogP contribution in [0, 0.1) is 0 Å². The Morgan fingerprint density at radius 3 is 2.56 bits per heavy atom. The van der Waals surface area contributed by atoms with E-state index in [0.29, 0.717) is 6.42 Å². The Hall–Kier alpha value is -0.500. The average molecular weight is 130 g/mol. The third kappa shape index (κ3) is 4.03. The maximum absolute atomic E-state index is 9.18. The van der Waals surface area contributed by atoms with Crippen LogP contribution < -0.4 is 0 Å². The molecule has 2 heteroatoms. The third-order valence-electron chi connectivity index (χ3n) is 1.11. The van der Waals surface area contributed by atoms with Gasteiger partial charge >= 0.3 is 0 Å². The maximum Gasteiger partial charge on any atom is 0.204 e. The van der Waals surface area contributed by atoms with Crippen LogP contribution in [-0.4, -0.2) is 10.9 Å². The standard InChI is InChI=1S/C7H14O2/c1-4-6-9-7(3,8)5-2/h4,6,8H,5H2,1-3H3. The molecule has 0 radical (unpaired) electrons. The van der Waals surface area contributed by atoms with Crippen LogP contribution in [0.25, 0.3) is 0 Å². The van der Waals surface area contributed by atoms with Gasteiger partial charge in [-0.2, -0.15) is 0 Å². The Bertz CT molecular complexity index is 95.1. The first-order chi connectivity index (χ1) is 4.12. The van der Waals surface area contributed by atoms with Crippen molar-refractivity contribution in [3.05, 3.63) is 12.3 Å². The van der Waals surface area contributed by atoms with E-state index in [2.05, 4.69) is 0 Å². The summed E-state index contributed by atoms with van der Waals surface area (Å²) in [5, 5.41) is 9.18. The first kappa shape index (κ1) is 8.50. The molecular formula is C7H14O2. The Balaban J connectivity index is 3.58. The molecule has 0 aromatic rings. The molecule has 0 amide bonds. The van der Waals surface area contributed by atoms with Crippen LogP contribution in [0.5, 0.6) is 0 Å². The molecule has 0 heterocycles. The fourth-order valence-electron chi connectivity index (χ4n) is 0.298. The summed E-state index contributed by atoms with van der Waals surface area (Å²) in [6.07, 6.45) is 3.82. The zero-order chi connectivity index (χ0) is 7.33. The Morgan fingerprint density at radius 1 is 1.67 bits per heavy atom. The molecule has 1 atom stereocenters. The van der Waals surface area contributed by atoms with Gasteiger partial charge in [-0.15, -0.1) is 0 Å². The largest absolute Gasteiger partial charge is 0.471 e. The average Bonchev–Trinajstić information content (AvgIpc) is 1.84. The molecule has 1 unspecified atom stereocenters. The highest BCUT2D eigenvalue weighted by atomic mass is 16.6. The quantitative estimate of drug-likeness (QED) is 0.465. The van der Waals surface area contributed by atoms with Gasteiger partial charge < -0.3 is 9.84 Å². The number of hydrogen-bond acceptors (Lipinski definition) is 2. The van der Waals surface area contributed by atoms with E-state index in [9.17, 15) is 5.11 Å². The second-order valence-electron chi connectivity index (χ2n) is 2.12. The molecule has 9 heavy (non-hydrogen) atoms. The van der Waals surface area contributed by atoms with Gasteiger partial charge in [-0.3, -0.25) is 0 Å². The van der Waals surface area contributed by atoms with E-state index >= 15 is 0 Å². The third-order valence-corrected chi connectivity index (χ3v) is 1.11. The van der Waals surface area contributed by atoms with E-state index in [0.717, 1.165) is 0 Å². The Kier molecular flexibility index (Phi) is 3.32. The van der Waals surface area contributed by atoms with Crippen molar-refractivity contribution in [2.24, 2.45) is 0 Å². The summed E-state index contributed by atoms with van der Waals surface area (Å²) in [7, 11) is 0. The Labute approximate surface area is 56.1 Å². The van der Waals surface area contributed by atoms with Crippen molar-refractivity contribution in [2.75, 3.05) is 0 Å². The molecule has 0 aromatic heterocycles. The first-order valence-electron chi connectivity index (χ1n) is 3.13. The zero-order valence-corrected chi connectivity index (χ0v) is 6.22. The molecular weight excluding hydrogens is 116 g/mol. The van der Waals surface area contributed by atoms with Crippen LogP contribution in [-0.2, 0) is 4.74 Å². The van der Waals surface area contributed by atoms with Crippen molar-refractivity contribution in [3.63, 3.8) is 0 Å². The van der Waals surface area contributed by atoms with Gasteiger partial charge in [0.05, 0.1) is 6.26 Å². The van der Waals surface area contributed by atoms with Crippen molar-refractivity contribution in [2.45, 2.75) is 33.0 Å². The minimum Gasteiger partial charge on any atom is -0.471 e. The number of hydrogen-bond donors (Lipinski definition) is 1. The summed E-state index contributed by atoms with van der Waals surface area (Å²) in [6, 6.07) is 0. The number of rotatable bonds is 3. The number of allylic oxidation sites excluding steroid dienone is 1. The smallest absolute Gasteiger partial charge is 0.204 e. The molecule has 1 N–H and O–H groups in total. The van der Waals surface area contributed by atoms with Gasteiger partial charge in [0.2, 0.25) is 5.79 Å². The molecule has 0 fully saturated rings. The van der Waals surface area contributed by atoms with Crippen molar-refractivity contribution < 1.29 is 9.84 Å². The molecule has 0 saturated carbocycles. The van der Waals surface area contributed by atoms with Gasteiger partial charge in [0.25, 0.3) is 0 Å². The van der Waals surface area contributed by atoms with Gasteiger partial charge in [-0.25, -0.2) is 0 Å². The van der Waals surface area contributed by atoms with Crippen molar-refractivity contribution in [1.29, 1.82) is 0 Å². The molecule has 0 bridgehead atoms. The molecule has 0 saturated heterocycles. The highest BCUT2D eigenvalue weighted by Crippen LogP contribution is 2.09. The first-order valence-corrected chi connectivity index (χ1v) is 3.13. The van der Waals surface area contributed by atoms with Gasteiger partial charge in [0, 0.05) is 13.3 Å². The second kappa shape index (κ2) is 3.51. The lowest BCUT2D eigenvalue weighted by atomic mass is 10.2. The minimum atomic E-state index is -0.994. The van der Waals surface area contributed by atoms with E-state index in [1.165, 1.54) is 6.26 Å². The normalized spacial score (nSPS) is 17.8. The van der Waals surface area contributed by atoms with Crippen molar-refractivity contribution >= 4 is 0 Å². The van der Waals surface area contributed by atoms with Gasteiger partial charge in [0.15, 0.2) is 0 Å². The van der Waals surface area contributed by atoms with Crippen LogP contribution in [0.3, 0.4) is 0 Å². The lowest BCUT2D eigenvalue weighted by Gasteiger charge is -2.19. The molecule has 0 aromatic carbocycles. The van der Waals surface area contributed by atoms with Crippen LogP contribution in [0.2, 0.25) is 0 Å². The summed E-state index contributed by atoms with van der Waals surface area (Å²) in [5.41, 5.74) is 0. The maximum atomic E-state index is 9.18. The summed E-state index contributed by atoms with van der Waals surface area (Å²) in [4.78, 5) is 0. The van der Waals surface area contributed by atoms with Crippen LogP contribution in [0.4, 0.5) is 0 Å². The predicted molar refractivity (Wildman–Crippen MR) is 36.8 cm³/mol. The summed E-state index contributed by atoms with van der Waals surface area (Å²) in [6.45, 7) is 5.34. The predicted octanol–water partition coefficient (Wildman–Crippen LogP) is 1.66. The van der Waals surface area contributed by atoms with Crippen LogP contribution in [0.15, 0.2) is 12.3 Å². The molecule has 0 spiro atoms. The highest BCUT2D eigenvalue weighted by molar-refractivity contribution is 4.69. The van der Waals surface area contributed by atoms with Crippen molar-refractivity contribution in [3.8, 4) is 0 Å². The zero-order valence-electron chi connectivity index (χ0n) is 6.22. The molecule has 0 aliphatic heterocycles. The van der Waals surface area contributed by atoms with E-state index in [4.69, 9.17) is 4.74 Å². The molecule has 2 nitrogen and oxygen atoms in total. The topological polar surface area (TPSA) is 29.5 Å². The molecule has 0 aliphatic rings. The number of aliphatic hydroxyl groups is 1. The molecule has 54 valence electrons. The van der Waals surface area contributed by atoms with Gasteiger partial charge in [-0.05, 0) is 6.92 Å². The van der Waals surface area contributed by atoms with E-state index in [1.54, 1.807) is 13.0 Å². The lowest BCUT2D eigenvalue weighted by Crippen LogP contribution is -2.24. The van der Waals surface area contributed by atoms with E-state index in [1.807, 2.05) is 13.8 Å². The van der Waals surface area contributed by atoms with Gasteiger partial charge in [0.1, 0.15) is 0 Å². The van der Waals surface area contributed by atoms with E-state index in [-0.39, 0.29) is 0 Å². The minimum absolute atomic E-state index is 0.595. The fraction of sp³-hybridized carbons (Fsp3) is 0.714. The van der Waals surface area contributed by atoms with Gasteiger partial charge in [-0.1, -0.05) is 13.0 Å². The second-order valence-corrected chi connectivity index (χ2v) is 2.12. The lowest BCUT2D eigenvalue weighted by molar-refractivity contribution is -0.153. The summed E-state index contributed by atoms with van der Waals surface area (Å²) >= 11 is 0. The number of ether oxygens (including phenoxy) is 1. The molecule has 0 rings (SSSR count). The Morgan fingerprint density at radius 2 is 2.22 bits per heavy atom. The molecule has 0 aliphatic carbocycles. The van der Waals surface area contributed by atoms with Crippen LogP contribution >= 0.6 is 0 Å².